The Labute approximate surface area is 212 Å². The molecule has 8 nitrogen and oxygen atoms in total. The van der Waals surface area contributed by atoms with E-state index in [-0.39, 0.29) is 24.4 Å². The van der Waals surface area contributed by atoms with Gasteiger partial charge in [0.15, 0.2) is 16.6 Å². The summed E-state index contributed by atoms with van der Waals surface area (Å²) in [5, 5.41) is 13.3. The summed E-state index contributed by atoms with van der Waals surface area (Å²) >= 11 is 5.78. The van der Waals surface area contributed by atoms with Crippen LogP contribution in [0, 0.1) is 6.92 Å². The van der Waals surface area contributed by atoms with Crippen molar-refractivity contribution in [3.63, 3.8) is 0 Å². The number of aromatic nitrogens is 1. The average molecular weight is 500 g/mol. The van der Waals surface area contributed by atoms with Crippen molar-refractivity contribution in [3.05, 3.63) is 95.5 Å². The van der Waals surface area contributed by atoms with E-state index in [1.54, 1.807) is 24.4 Å². The number of thiocarbonyl (C=S) groups is 1. The van der Waals surface area contributed by atoms with Gasteiger partial charge in [-0.15, -0.1) is 0 Å². The van der Waals surface area contributed by atoms with Gasteiger partial charge >= 0.3 is 5.97 Å². The quantitative estimate of drug-likeness (QED) is 0.357. The fourth-order valence-electron chi connectivity index (χ4n) is 4.69. The highest BCUT2D eigenvalue weighted by Gasteiger charge is 2.43. The van der Waals surface area contributed by atoms with Gasteiger partial charge in [0.05, 0.1) is 17.3 Å². The van der Waals surface area contributed by atoms with E-state index in [1.165, 1.54) is 0 Å². The summed E-state index contributed by atoms with van der Waals surface area (Å²) in [5.41, 5.74) is 3.53. The molecule has 36 heavy (non-hydrogen) atoms. The average Bonchev–Trinajstić information content (AvgIpc) is 3.62. The molecule has 1 saturated heterocycles. The van der Waals surface area contributed by atoms with Gasteiger partial charge in [-0.3, -0.25) is 4.98 Å². The van der Waals surface area contributed by atoms with Crippen LogP contribution in [-0.2, 0) is 0 Å². The Hall–Kier alpha value is -4.37. The van der Waals surface area contributed by atoms with E-state index >= 15 is 0 Å². The van der Waals surface area contributed by atoms with Crippen LogP contribution in [0.5, 0.6) is 11.5 Å². The SMILES string of the molecule is Cc1cc(C(=O)O)ccc1-c1ccc(C2C(c3ccccn3)NC(=S)N2c2ccc3c(c2)OCO3)o1. The van der Waals surface area contributed by atoms with Gasteiger partial charge in [0.2, 0.25) is 6.79 Å². The molecule has 2 aromatic heterocycles. The molecule has 0 bridgehead atoms. The number of fused-ring (bicyclic) bond motifs is 1. The monoisotopic (exact) mass is 499 g/mol. The zero-order valence-electron chi connectivity index (χ0n) is 19.2. The Bertz CT molecular complexity index is 1490. The van der Waals surface area contributed by atoms with Crippen LogP contribution in [0.25, 0.3) is 11.3 Å². The predicted octanol–water partition coefficient (Wildman–Crippen LogP) is 5.25. The number of benzene rings is 2. The lowest BCUT2D eigenvalue weighted by Gasteiger charge is -2.26. The molecule has 2 aliphatic heterocycles. The van der Waals surface area contributed by atoms with Crippen molar-refractivity contribution in [2.24, 2.45) is 0 Å². The third-order valence-corrected chi connectivity index (χ3v) is 6.70. The zero-order chi connectivity index (χ0) is 24.8. The van der Waals surface area contributed by atoms with Crippen LogP contribution in [0.3, 0.4) is 0 Å². The highest BCUT2D eigenvalue weighted by molar-refractivity contribution is 7.80. The fraction of sp³-hybridized carbons (Fsp3) is 0.148. The van der Waals surface area contributed by atoms with E-state index in [0.29, 0.717) is 28.1 Å². The molecular weight excluding hydrogens is 478 g/mol. The Kier molecular flexibility index (Phi) is 5.34. The molecule has 0 aliphatic carbocycles. The molecule has 0 radical (unpaired) electrons. The largest absolute Gasteiger partial charge is 0.478 e. The molecule has 0 amide bonds. The summed E-state index contributed by atoms with van der Waals surface area (Å²) in [6.07, 6.45) is 1.75. The van der Waals surface area contributed by atoms with Crippen LogP contribution in [0.15, 0.2) is 77.3 Å². The molecule has 2 N–H and O–H groups in total. The second-order valence-corrected chi connectivity index (χ2v) is 8.96. The molecule has 0 spiro atoms. The number of hydrogen-bond donors (Lipinski definition) is 2. The Morgan fingerprint density at radius 2 is 1.94 bits per heavy atom. The molecule has 180 valence electrons. The van der Waals surface area contributed by atoms with Crippen molar-refractivity contribution in [1.29, 1.82) is 0 Å². The van der Waals surface area contributed by atoms with E-state index < -0.39 is 5.97 Å². The predicted molar refractivity (Wildman–Crippen MR) is 136 cm³/mol. The number of furan rings is 1. The van der Waals surface area contributed by atoms with Gasteiger partial charge < -0.3 is 29.2 Å². The van der Waals surface area contributed by atoms with Gasteiger partial charge in [-0.2, -0.15) is 0 Å². The standard InChI is InChI=1S/C27H21N3O5S/c1-15-12-16(26(31)32)5-7-18(15)20-9-10-22(35-20)25-24(19-4-2-3-11-28-19)29-27(36)30(25)17-6-8-21-23(13-17)34-14-33-21/h2-13,24-25H,14H2,1H3,(H,29,36)(H,31,32). The Morgan fingerprint density at radius 1 is 1.08 bits per heavy atom. The van der Waals surface area contributed by atoms with Crippen LogP contribution in [0.2, 0.25) is 0 Å². The number of ether oxygens (including phenoxy) is 2. The van der Waals surface area contributed by atoms with E-state index in [4.69, 9.17) is 26.1 Å². The van der Waals surface area contributed by atoms with Gasteiger partial charge in [0.25, 0.3) is 0 Å². The van der Waals surface area contributed by atoms with Crippen LogP contribution in [0.1, 0.15) is 39.5 Å². The summed E-state index contributed by atoms with van der Waals surface area (Å²) in [7, 11) is 0. The summed E-state index contributed by atoms with van der Waals surface area (Å²) in [6.45, 7) is 2.05. The number of carboxylic acids is 1. The molecule has 4 heterocycles. The van der Waals surface area contributed by atoms with Gasteiger partial charge in [0.1, 0.15) is 17.6 Å². The number of rotatable bonds is 5. The second kappa shape index (κ2) is 8.69. The highest BCUT2D eigenvalue weighted by atomic mass is 32.1. The minimum atomic E-state index is -0.965. The van der Waals surface area contributed by atoms with Gasteiger partial charge in [-0.05, 0) is 73.2 Å². The van der Waals surface area contributed by atoms with Crippen molar-refractivity contribution in [1.82, 2.24) is 10.3 Å². The maximum Gasteiger partial charge on any atom is 0.335 e. The number of pyridine rings is 1. The van der Waals surface area contributed by atoms with Crippen molar-refractivity contribution in [2.75, 3.05) is 11.7 Å². The number of carbonyl (C=O) groups is 1. The van der Waals surface area contributed by atoms with E-state index in [9.17, 15) is 9.90 Å². The molecule has 0 saturated carbocycles. The van der Waals surface area contributed by atoms with Crippen molar-refractivity contribution in [3.8, 4) is 22.8 Å². The van der Waals surface area contributed by atoms with Gasteiger partial charge in [0, 0.05) is 23.5 Å². The third-order valence-electron chi connectivity index (χ3n) is 6.39. The molecule has 2 aromatic carbocycles. The normalized spacial score (nSPS) is 18.4. The van der Waals surface area contributed by atoms with Crippen molar-refractivity contribution in [2.45, 2.75) is 19.0 Å². The maximum atomic E-state index is 11.4. The van der Waals surface area contributed by atoms with Crippen LogP contribution in [-0.4, -0.2) is 28.0 Å². The smallest absolute Gasteiger partial charge is 0.335 e. The lowest BCUT2D eigenvalue weighted by atomic mass is 10.0. The van der Waals surface area contributed by atoms with Crippen LogP contribution >= 0.6 is 12.2 Å². The minimum absolute atomic E-state index is 0.184. The lowest BCUT2D eigenvalue weighted by Crippen LogP contribution is -2.29. The molecule has 9 heteroatoms. The highest BCUT2D eigenvalue weighted by Crippen LogP contribution is 2.45. The van der Waals surface area contributed by atoms with E-state index in [1.807, 2.05) is 60.4 Å². The van der Waals surface area contributed by atoms with E-state index in [0.717, 1.165) is 22.5 Å². The summed E-state index contributed by atoms with van der Waals surface area (Å²) < 4.78 is 17.5. The first-order valence-corrected chi connectivity index (χ1v) is 11.7. The topological polar surface area (TPSA) is 97.1 Å². The number of anilines is 1. The van der Waals surface area contributed by atoms with E-state index in [2.05, 4.69) is 10.3 Å². The second-order valence-electron chi connectivity index (χ2n) is 8.57. The molecule has 2 unspecified atom stereocenters. The van der Waals surface area contributed by atoms with Crippen molar-refractivity contribution >= 4 is 29.0 Å². The fourth-order valence-corrected chi connectivity index (χ4v) is 5.03. The summed E-state index contributed by atoms with van der Waals surface area (Å²) in [5.74, 6) is 1.71. The lowest BCUT2D eigenvalue weighted by molar-refractivity contribution is 0.0696. The number of aromatic carboxylic acids is 1. The number of hydrogen-bond acceptors (Lipinski definition) is 6. The minimum Gasteiger partial charge on any atom is -0.478 e. The Balaban J connectivity index is 1.43. The van der Waals surface area contributed by atoms with Gasteiger partial charge in [-0.1, -0.05) is 12.1 Å². The third kappa shape index (κ3) is 3.74. The number of nitrogens with one attached hydrogen (secondary N) is 1. The number of nitrogens with zero attached hydrogens (tertiary/aromatic N) is 2. The van der Waals surface area contributed by atoms with Gasteiger partial charge in [-0.25, -0.2) is 4.79 Å². The Morgan fingerprint density at radius 3 is 2.72 bits per heavy atom. The molecule has 4 aromatic rings. The maximum absolute atomic E-state index is 11.4. The molecule has 6 rings (SSSR count). The first-order valence-electron chi connectivity index (χ1n) is 11.3. The molecule has 1 fully saturated rings. The number of carboxylic acid groups (broad SMARTS) is 1. The van der Waals surface area contributed by atoms with Crippen molar-refractivity contribution < 1.29 is 23.8 Å². The zero-order valence-corrected chi connectivity index (χ0v) is 20.0. The molecule has 2 atom stereocenters. The first kappa shape index (κ1) is 22.1. The summed E-state index contributed by atoms with van der Waals surface area (Å²) in [6, 6.07) is 19.7. The molecule has 2 aliphatic rings. The first-order chi connectivity index (χ1) is 17.5. The van der Waals surface area contributed by atoms with Crippen LogP contribution in [0.4, 0.5) is 5.69 Å². The molecular formula is C27H21N3O5S. The summed E-state index contributed by atoms with van der Waals surface area (Å²) in [4.78, 5) is 17.9. The number of aryl methyl sites for hydroxylation is 1. The van der Waals surface area contributed by atoms with Crippen LogP contribution < -0.4 is 19.7 Å².